The van der Waals surface area contributed by atoms with Crippen molar-refractivity contribution in [2.24, 2.45) is 0 Å². The second kappa shape index (κ2) is 6.15. The third-order valence-corrected chi connectivity index (χ3v) is 4.32. The highest BCUT2D eigenvalue weighted by atomic mass is 32.1. The molecule has 2 rings (SSSR count). The van der Waals surface area contributed by atoms with E-state index in [4.69, 9.17) is 4.74 Å². The van der Waals surface area contributed by atoms with Crippen LogP contribution in [0, 0.1) is 0 Å². The summed E-state index contributed by atoms with van der Waals surface area (Å²) in [5, 5.41) is 9.17. The number of thiophene rings is 1. The summed E-state index contributed by atoms with van der Waals surface area (Å²) in [6.07, 6.45) is 1.60. The van der Waals surface area contributed by atoms with Gasteiger partial charge in [-0.2, -0.15) is 0 Å². The van der Waals surface area contributed by atoms with Crippen molar-refractivity contribution in [3.63, 3.8) is 0 Å². The number of rotatable bonds is 4. The molecule has 5 nitrogen and oxygen atoms in total. The summed E-state index contributed by atoms with van der Waals surface area (Å²) in [6.45, 7) is 6.87. The minimum atomic E-state index is -0.767. The number of hydrogen-bond donors (Lipinski definition) is 1. The smallest absolute Gasteiger partial charge is 0.348 e. The Bertz CT molecular complexity index is 532. The average molecular weight is 311 g/mol. The molecule has 1 unspecified atom stereocenters. The Kier molecular flexibility index (Phi) is 4.68. The minimum absolute atomic E-state index is 0.324. The first-order valence-electron chi connectivity index (χ1n) is 7.05. The molecule has 1 fully saturated rings. The Morgan fingerprint density at radius 1 is 1.43 bits per heavy atom. The number of carbonyl (C=O) groups is 2. The van der Waals surface area contributed by atoms with Crippen LogP contribution in [-0.2, 0) is 16.1 Å². The van der Waals surface area contributed by atoms with Gasteiger partial charge >= 0.3 is 11.9 Å². The van der Waals surface area contributed by atoms with Crippen LogP contribution in [0.3, 0.4) is 0 Å². The fourth-order valence-electron chi connectivity index (χ4n) is 2.40. The summed E-state index contributed by atoms with van der Waals surface area (Å²) in [6, 6.07) is 3.22. The number of carbonyl (C=O) groups excluding carboxylic acids is 1. The van der Waals surface area contributed by atoms with E-state index in [0.29, 0.717) is 17.8 Å². The van der Waals surface area contributed by atoms with Gasteiger partial charge in [-0.25, -0.2) is 4.79 Å². The summed E-state index contributed by atoms with van der Waals surface area (Å²) in [5.74, 6) is -1.09. The zero-order chi connectivity index (χ0) is 15.6. The van der Waals surface area contributed by atoms with Gasteiger partial charge in [0.05, 0.1) is 0 Å². The summed E-state index contributed by atoms with van der Waals surface area (Å²) in [7, 11) is 0. The van der Waals surface area contributed by atoms with Crippen LogP contribution < -0.4 is 0 Å². The standard InChI is InChI=1S/C15H21NO4S/c1-15(2,3)20-14(19)12-7-6-10(21-12)9-16-8-4-5-11(16)13(17)18/h6-7,11H,4-5,8-9H2,1-3H3,(H,17,18). The molecule has 1 saturated heterocycles. The number of aliphatic carboxylic acids is 1. The van der Waals surface area contributed by atoms with Crippen LogP contribution in [0.15, 0.2) is 12.1 Å². The second-order valence-corrected chi connectivity index (χ2v) is 7.40. The molecule has 1 aromatic heterocycles. The molecule has 0 aliphatic carbocycles. The molecule has 1 atom stereocenters. The highest BCUT2D eigenvalue weighted by molar-refractivity contribution is 7.13. The van der Waals surface area contributed by atoms with Crippen molar-refractivity contribution in [2.45, 2.75) is 51.8 Å². The molecular formula is C15H21NO4S. The van der Waals surface area contributed by atoms with Crippen LogP contribution in [0.1, 0.15) is 48.2 Å². The summed E-state index contributed by atoms with van der Waals surface area (Å²) in [4.78, 5) is 26.6. The van der Waals surface area contributed by atoms with Crippen LogP contribution in [0.5, 0.6) is 0 Å². The first-order valence-corrected chi connectivity index (χ1v) is 7.87. The largest absolute Gasteiger partial charge is 0.480 e. The van der Waals surface area contributed by atoms with E-state index in [9.17, 15) is 14.7 Å². The van der Waals surface area contributed by atoms with Crippen molar-refractivity contribution in [1.82, 2.24) is 4.90 Å². The highest BCUT2D eigenvalue weighted by Gasteiger charge is 2.30. The summed E-state index contributed by atoms with van der Waals surface area (Å²) in [5.41, 5.74) is -0.509. The Balaban J connectivity index is 2.00. The van der Waals surface area contributed by atoms with E-state index in [2.05, 4.69) is 0 Å². The van der Waals surface area contributed by atoms with Crippen molar-refractivity contribution in [3.8, 4) is 0 Å². The molecule has 1 aliphatic rings. The fraction of sp³-hybridized carbons (Fsp3) is 0.600. The Morgan fingerprint density at radius 3 is 2.76 bits per heavy atom. The maximum atomic E-state index is 12.0. The van der Waals surface area contributed by atoms with Crippen molar-refractivity contribution in [2.75, 3.05) is 6.54 Å². The molecule has 1 aromatic rings. The number of ether oxygens (including phenoxy) is 1. The van der Waals surface area contributed by atoms with E-state index in [1.807, 2.05) is 31.7 Å². The fourth-order valence-corrected chi connectivity index (χ4v) is 3.31. The molecule has 116 valence electrons. The molecule has 0 saturated carbocycles. The molecule has 1 N–H and O–H groups in total. The topological polar surface area (TPSA) is 66.8 Å². The number of nitrogens with zero attached hydrogens (tertiary/aromatic N) is 1. The minimum Gasteiger partial charge on any atom is -0.480 e. The lowest BCUT2D eigenvalue weighted by molar-refractivity contribution is -0.142. The SMILES string of the molecule is CC(C)(C)OC(=O)c1ccc(CN2CCCC2C(=O)O)s1. The van der Waals surface area contributed by atoms with E-state index in [1.54, 1.807) is 6.07 Å². The monoisotopic (exact) mass is 311 g/mol. The third kappa shape index (κ3) is 4.28. The van der Waals surface area contributed by atoms with Gasteiger partial charge in [0.25, 0.3) is 0 Å². The maximum Gasteiger partial charge on any atom is 0.348 e. The van der Waals surface area contributed by atoms with Crippen molar-refractivity contribution in [1.29, 1.82) is 0 Å². The van der Waals surface area contributed by atoms with Gasteiger partial charge in [0.1, 0.15) is 16.5 Å². The second-order valence-electron chi connectivity index (χ2n) is 6.23. The molecule has 2 heterocycles. The molecule has 0 amide bonds. The molecule has 0 aromatic carbocycles. The number of carboxylic acid groups (broad SMARTS) is 1. The maximum absolute atomic E-state index is 12.0. The van der Waals surface area contributed by atoms with Crippen LogP contribution in [0.25, 0.3) is 0 Å². The predicted molar refractivity (Wildman–Crippen MR) is 80.6 cm³/mol. The van der Waals surface area contributed by atoms with Gasteiger partial charge in [0, 0.05) is 11.4 Å². The number of likely N-dealkylation sites (tertiary alicyclic amines) is 1. The average Bonchev–Trinajstić information content (AvgIpc) is 2.96. The molecule has 0 spiro atoms. The molecule has 6 heteroatoms. The van der Waals surface area contributed by atoms with Gasteiger partial charge in [0.2, 0.25) is 0 Å². The lowest BCUT2D eigenvalue weighted by atomic mass is 10.2. The van der Waals surface area contributed by atoms with Gasteiger partial charge in [-0.1, -0.05) is 0 Å². The molecule has 0 bridgehead atoms. The lowest BCUT2D eigenvalue weighted by Gasteiger charge is -2.20. The van der Waals surface area contributed by atoms with E-state index in [-0.39, 0.29) is 5.97 Å². The van der Waals surface area contributed by atoms with Crippen LogP contribution in [-0.4, -0.2) is 40.1 Å². The first-order chi connectivity index (χ1) is 9.76. The zero-order valence-electron chi connectivity index (χ0n) is 12.6. The normalized spacial score (nSPS) is 19.7. The number of carboxylic acids is 1. The van der Waals surface area contributed by atoms with Gasteiger partial charge in [0.15, 0.2) is 0 Å². The van der Waals surface area contributed by atoms with Crippen LogP contribution in [0.4, 0.5) is 0 Å². The molecule has 0 radical (unpaired) electrons. The van der Waals surface area contributed by atoms with Crippen LogP contribution >= 0.6 is 11.3 Å². The van der Waals surface area contributed by atoms with Crippen molar-refractivity contribution < 1.29 is 19.4 Å². The molecular weight excluding hydrogens is 290 g/mol. The zero-order valence-corrected chi connectivity index (χ0v) is 13.4. The number of hydrogen-bond acceptors (Lipinski definition) is 5. The predicted octanol–water partition coefficient (Wildman–Crippen LogP) is 2.75. The quantitative estimate of drug-likeness (QED) is 0.866. The van der Waals surface area contributed by atoms with E-state index >= 15 is 0 Å². The molecule has 1 aliphatic heterocycles. The molecule has 21 heavy (non-hydrogen) atoms. The van der Waals surface area contributed by atoms with Gasteiger partial charge in [-0.15, -0.1) is 11.3 Å². The summed E-state index contributed by atoms with van der Waals surface area (Å²) >= 11 is 1.37. The van der Waals surface area contributed by atoms with Gasteiger partial charge < -0.3 is 9.84 Å². The summed E-state index contributed by atoms with van der Waals surface area (Å²) < 4.78 is 5.33. The Labute approximate surface area is 128 Å². The third-order valence-electron chi connectivity index (χ3n) is 3.27. The van der Waals surface area contributed by atoms with E-state index in [0.717, 1.165) is 17.8 Å². The van der Waals surface area contributed by atoms with Crippen LogP contribution in [0.2, 0.25) is 0 Å². The highest BCUT2D eigenvalue weighted by Crippen LogP contribution is 2.25. The lowest BCUT2D eigenvalue weighted by Crippen LogP contribution is -2.35. The van der Waals surface area contributed by atoms with Gasteiger partial charge in [-0.3, -0.25) is 9.69 Å². The Hall–Kier alpha value is -1.40. The first kappa shape index (κ1) is 16.0. The van der Waals surface area contributed by atoms with E-state index < -0.39 is 17.6 Å². The Morgan fingerprint density at radius 2 is 2.14 bits per heavy atom. The van der Waals surface area contributed by atoms with E-state index in [1.165, 1.54) is 11.3 Å². The van der Waals surface area contributed by atoms with Gasteiger partial charge in [-0.05, 0) is 52.3 Å². The number of esters is 1. The van der Waals surface area contributed by atoms with Crippen molar-refractivity contribution in [3.05, 3.63) is 21.9 Å². The van der Waals surface area contributed by atoms with Crippen molar-refractivity contribution >= 4 is 23.3 Å².